The van der Waals surface area contributed by atoms with Gasteiger partial charge in [-0.05, 0) is 41.5 Å². The van der Waals surface area contributed by atoms with Crippen LogP contribution in [0.2, 0.25) is 0 Å². The van der Waals surface area contributed by atoms with Crippen LogP contribution >= 0.6 is 11.3 Å². The molecule has 1 N–H and O–H groups in total. The molecule has 0 saturated carbocycles. The number of benzene rings is 3. The number of alkyl halides is 3. The summed E-state index contributed by atoms with van der Waals surface area (Å²) in [5, 5.41) is 3.29. The van der Waals surface area contributed by atoms with E-state index in [-0.39, 0.29) is 100 Å². The standard InChI is InChI=1S/C32H21F5N4O6S.K.H/c1-46-26-9-5-4-8-20(26)25(42)15-40-28(43)21-12-17(13-32(35,36)37)48-29(21)41(31(40)45)14-22-23(33)10-16(11-24(22)34)18-6-2-3-7-19(18)27-38-30(44)47-39-27;;/h2-12H,13-15H2,1H3,(H,38,39,44);;. The summed E-state index contributed by atoms with van der Waals surface area (Å²) in [6.45, 7) is -1.66. The monoisotopic (exact) mass is 724 g/mol. The zero-order valence-electron chi connectivity index (χ0n) is 24.6. The van der Waals surface area contributed by atoms with Crippen LogP contribution in [0.15, 0.2) is 85.6 Å². The molecule has 248 valence electrons. The fraction of sp³-hybridized carbons (Fsp3) is 0.156. The quantitative estimate of drug-likeness (QED) is 0.128. The molecule has 0 atom stereocenters. The van der Waals surface area contributed by atoms with Crippen molar-refractivity contribution in [2.45, 2.75) is 25.7 Å². The Balaban J connectivity index is 0.00000468. The molecular formula is C32H22F5KN4O6S. The summed E-state index contributed by atoms with van der Waals surface area (Å²) in [4.78, 5) is 53.7. The number of hydrogen-bond acceptors (Lipinski definition) is 8. The third-order valence-corrected chi connectivity index (χ3v) is 8.58. The van der Waals surface area contributed by atoms with E-state index < -0.39 is 65.7 Å². The van der Waals surface area contributed by atoms with Gasteiger partial charge in [0, 0.05) is 16.0 Å². The number of thiophene rings is 1. The minimum atomic E-state index is -4.66. The van der Waals surface area contributed by atoms with Gasteiger partial charge >= 0.3 is 69.0 Å². The van der Waals surface area contributed by atoms with E-state index in [1.165, 1.54) is 37.4 Å². The van der Waals surface area contributed by atoms with Gasteiger partial charge in [-0.1, -0.05) is 41.6 Å². The molecule has 0 aliphatic rings. The Morgan fingerprint density at radius 1 is 0.959 bits per heavy atom. The predicted octanol–water partition coefficient (Wildman–Crippen LogP) is 4.91. The number of carbonyl (C=O) groups excluding carboxylic acids is 1. The van der Waals surface area contributed by atoms with Gasteiger partial charge in [-0.2, -0.15) is 13.2 Å². The van der Waals surface area contributed by atoms with Crippen LogP contribution in [0.3, 0.4) is 0 Å². The van der Waals surface area contributed by atoms with Crippen LogP contribution in [0.4, 0.5) is 22.0 Å². The zero-order valence-corrected chi connectivity index (χ0v) is 25.4. The molecule has 0 saturated heterocycles. The van der Waals surface area contributed by atoms with Crippen LogP contribution in [0, 0.1) is 11.6 Å². The summed E-state index contributed by atoms with van der Waals surface area (Å²) < 4.78 is 82.4. The number of hydrogen-bond donors (Lipinski definition) is 1. The molecule has 17 heteroatoms. The summed E-state index contributed by atoms with van der Waals surface area (Å²) in [6.07, 6.45) is -6.08. The third kappa shape index (κ3) is 7.46. The molecule has 0 fully saturated rings. The van der Waals surface area contributed by atoms with Gasteiger partial charge in [-0.15, -0.1) is 11.3 Å². The molecule has 0 amide bonds. The molecule has 0 aliphatic heterocycles. The summed E-state index contributed by atoms with van der Waals surface area (Å²) in [6, 6.07) is 15.2. The van der Waals surface area contributed by atoms with Gasteiger partial charge in [0.05, 0.1) is 37.6 Å². The van der Waals surface area contributed by atoms with Gasteiger partial charge in [0.2, 0.25) is 0 Å². The van der Waals surface area contributed by atoms with Crippen molar-refractivity contribution in [2.24, 2.45) is 0 Å². The number of fused-ring (bicyclic) bond motifs is 1. The molecular weight excluding hydrogens is 703 g/mol. The van der Waals surface area contributed by atoms with E-state index in [4.69, 9.17) is 4.74 Å². The molecule has 0 spiro atoms. The van der Waals surface area contributed by atoms with Crippen molar-refractivity contribution in [3.05, 3.63) is 126 Å². The summed E-state index contributed by atoms with van der Waals surface area (Å²) in [5.41, 5.74) is -2.23. The first-order valence-corrected chi connectivity index (χ1v) is 14.8. The Hall–Kier alpha value is -4.00. The molecule has 6 rings (SSSR count). The van der Waals surface area contributed by atoms with Crippen molar-refractivity contribution < 1.29 is 36.0 Å². The number of H-pyrrole nitrogens is 1. The number of para-hydroxylation sites is 1. The van der Waals surface area contributed by atoms with E-state index in [1.807, 2.05) is 0 Å². The van der Waals surface area contributed by atoms with Crippen LogP contribution in [0.5, 0.6) is 5.75 Å². The Morgan fingerprint density at radius 3 is 2.24 bits per heavy atom. The average Bonchev–Trinajstić information content (AvgIpc) is 3.67. The number of Topliss-reactive ketones (excluding diaryl/α,β-unsaturated/α-hetero) is 1. The summed E-state index contributed by atoms with van der Waals surface area (Å²) in [5.74, 6) is -3.65. The number of nitrogens with zero attached hydrogens (tertiary/aromatic N) is 3. The normalized spacial score (nSPS) is 11.5. The fourth-order valence-corrected chi connectivity index (χ4v) is 6.44. The number of ketones is 1. The number of nitrogens with one attached hydrogen (secondary N) is 1. The first-order valence-electron chi connectivity index (χ1n) is 14.0. The van der Waals surface area contributed by atoms with Crippen LogP contribution in [0.1, 0.15) is 20.8 Å². The van der Waals surface area contributed by atoms with Gasteiger partial charge in [-0.25, -0.2) is 18.4 Å². The number of methoxy groups -OCH3 is 1. The minimum absolute atomic E-state index is 0. The Morgan fingerprint density at radius 2 is 1.61 bits per heavy atom. The predicted molar refractivity (Wildman–Crippen MR) is 172 cm³/mol. The molecule has 0 bridgehead atoms. The third-order valence-electron chi connectivity index (χ3n) is 7.42. The number of halogens is 5. The van der Waals surface area contributed by atoms with Crippen molar-refractivity contribution in [1.29, 1.82) is 0 Å². The second-order valence-corrected chi connectivity index (χ2v) is 11.6. The van der Waals surface area contributed by atoms with Gasteiger partial charge < -0.3 is 4.74 Å². The van der Waals surface area contributed by atoms with E-state index in [9.17, 15) is 32.3 Å². The second kappa shape index (κ2) is 14.5. The first kappa shape index (κ1) is 36.3. The van der Waals surface area contributed by atoms with E-state index in [0.29, 0.717) is 15.9 Å². The Bertz CT molecular complexity index is 2370. The maximum absolute atomic E-state index is 15.7. The van der Waals surface area contributed by atoms with E-state index >= 15 is 8.78 Å². The number of ether oxygens (including phenoxy) is 1. The molecule has 3 aromatic carbocycles. The fourth-order valence-electron chi connectivity index (χ4n) is 5.27. The topological polar surface area (TPSA) is 129 Å². The van der Waals surface area contributed by atoms with Crippen molar-refractivity contribution in [3.8, 4) is 28.3 Å². The first-order chi connectivity index (χ1) is 22.8. The van der Waals surface area contributed by atoms with Crippen LogP contribution in [-0.4, -0.2) is 89.7 Å². The van der Waals surface area contributed by atoms with Gasteiger partial charge in [0.25, 0.3) is 5.56 Å². The number of rotatable bonds is 9. The Kier molecular flexibility index (Phi) is 10.7. The molecule has 3 aromatic heterocycles. The zero-order chi connectivity index (χ0) is 34.3. The maximum atomic E-state index is 15.7. The van der Waals surface area contributed by atoms with Crippen LogP contribution in [-0.2, 0) is 19.5 Å². The Labute approximate surface area is 318 Å². The van der Waals surface area contributed by atoms with Crippen LogP contribution < -0.4 is 21.7 Å². The molecule has 10 nitrogen and oxygen atoms in total. The number of aromatic nitrogens is 4. The van der Waals surface area contributed by atoms with Gasteiger partial charge in [0.15, 0.2) is 11.6 Å². The number of aromatic amines is 1. The van der Waals surface area contributed by atoms with Crippen molar-refractivity contribution in [3.63, 3.8) is 0 Å². The molecule has 0 radical (unpaired) electrons. The molecule has 6 aromatic rings. The van der Waals surface area contributed by atoms with Gasteiger partial charge in [0.1, 0.15) is 22.2 Å². The summed E-state index contributed by atoms with van der Waals surface area (Å²) >= 11 is 0.477. The van der Waals surface area contributed by atoms with Crippen LogP contribution in [0.25, 0.3) is 32.7 Å². The average molecular weight is 725 g/mol. The van der Waals surface area contributed by atoms with Crippen molar-refractivity contribution in [1.82, 2.24) is 19.3 Å². The SMILES string of the molecule is COc1ccccc1C(=O)Cn1c(=O)c2cc(CC(F)(F)F)sc2n(Cc2c(F)cc(-c3ccccc3-c3noc(=O)[nH]3)cc2F)c1=O.[KH]. The van der Waals surface area contributed by atoms with E-state index in [1.54, 1.807) is 18.2 Å². The molecule has 3 heterocycles. The van der Waals surface area contributed by atoms with Crippen molar-refractivity contribution >= 4 is 78.7 Å². The second-order valence-electron chi connectivity index (χ2n) is 10.5. The molecule has 49 heavy (non-hydrogen) atoms. The van der Waals surface area contributed by atoms with Crippen molar-refractivity contribution in [2.75, 3.05) is 7.11 Å². The summed E-state index contributed by atoms with van der Waals surface area (Å²) in [7, 11) is 1.31. The molecule has 0 aliphatic carbocycles. The van der Waals surface area contributed by atoms with E-state index in [0.717, 1.165) is 22.8 Å². The molecule has 0 unspecified atom stereocenters. The van der Waals surface area contributed by atoms with E-state index in [2.05, 4.69) is 14.7 Å². The van der Waals surface area contributed by atoms with Gasteiger partial charge in [-0.3, -0.25) is 28.2 Å². The number of carbonyl (C=O) groups is 1.